The van der Waals surface area contributed by atoms with Gasteiger partial charge in [0, 0.05) is 12.3 Å². The lowest BCUT2D eigenvalue weighted by Crippen LogP contribution is -2.54. The first-order chi connectivity index (χ1) is 11.6. The third-order valence-electron chi connectivity index (χ3n) is 3.67. The van der Waals surface area contributed by atoms with Crippen LogP contribution in [0.4, 0.5) is 13.2 Å². The molecular formula is C17H18F3N3O2. The summed E-state index contributed by atoms with van der Waals surface area (Å²) in [7, 11) is 0. The van der Waals surface area contributed by atoms with E-state index < -0.39 is 24.2 Å². The molecule has 25 heavy (non-hydrogen) atoms. The molecule has 0 aromatic heterocycles. The van der Waals surface area contributed by atoms with Crippen LogP contribution in [0, 0.1) is 6.92 Å². The van der Waals surface area contributed by atoms with Crippen LogP contribution in [0.2, 0.25) is 0 Å². The van der Waals surface area contributed by atoms with Crippen molar-refractivity contribution in [1.29, 1.82) is 0 Å². The summed E-state index contributed by atoms with van der Waals surface area (Å²) in [4.78, 5) is 15.8. The van der Waals surface area contributed by atoms with Gasteiger partial charge in [0.2, 0.25) is 0 Å². The van der Waals surface area contributed by atoms with E-state index in [1.807, 2.05) is 5.32 Å². The molecule has 134 valence electrons. The second-order valence-electron chi connectivity index (χ2n) is 5.71. The summed E-state index contributed by atoms with van der Waals surface area (Å²) in [6.07, 6.45) is -1.84. The maximum absolute atomic E-state index is 13.6. The number of benzene rings is 1. The number of halogens is 3. The number of allylic oxidation sites excluding steroid dienone is 1. The molecule has 0 aliphatic carbocycles. The van der Waals surface area contributed by atoms with Crippen molar-refractivity contribution < 1.29 is 22.7 Å². The lowest BCUT2D eigenvalue weighted by atomic mass is 9.90. The van der Waals surface area contributed by atoms with Crippen LogP contribution in [-0.4, -0.2) is 24.9 Å². The molecule has 8 heteroatoms. The highest BCUT2D eigenvalue weighted by molar-refractivity contribution is 5.79. The van der Waals surface area contributed by atoms with Crippen molar-refractivity contribution in [2.75, 3.05) is 6.61 Å². The van der Waals surface area contributed by atoms with Crippen molar-refractivity contribution in [3.05, 3.63) is 59.8 Å². The fraction of sp³-hybridized carbons (Fsp3) is 0.294. The fourth-order valence-electron chi connectivity index (χ4n) is 2.15. The van der Waals surface area contributed by atoms with Gasteiger partial charge in [0.25, 0.3) is 5.91 Å². The summed E-state index contributed by atoms with van der Waals surface area (Å²) in [5.74, 6) is -0.423. The molecule has 1 unspecified atom stereocenters. The lowest BCUT2D eigenvalue weighted by molar-refractivity contribution is -0.197. The number of hydrogen-bond acceptors (Lipinski definition) is 4. The van der Waals surface area contributed by atoms with Crippen LogP contribution < -0.4 is 10.6 Å². The van der Waals surface area contributed by atoms with Crippen molar-refractivity contribution in [3.8, 4) is 0 Å². The van der Waals surface area contributed by atoms with Gasteiger partial charge in [-0.3, -0.25) is 4.79 Å². The molecule has 0 fully saturated rings. The van der Waals surface area contributed by atoms with E-state index >= 15 is 0 Å². The van der Waals surface area contributed by atoms with Gasteiger partial charge in [-0.25, -0.2) is 4.99 Å². The van der Waals surface area contributed by atoms with Crippen LogP contribution >= 0.6 is 0 Å². The summed E-state index contributed by atoms with van der Waals surface area (Å²) in [5, 5.41) is 4.67. The molecule has 1 aromatic carbocycles. The van der Waals surface area contributed by atoms with Crippen molar-refractivity contribution in [3.63, 3.8) is 0 Å². The molecule has 5 nitrogen and oxygen atoms in total. The topological polar surface area (TPSA) is 62.7 Å². The van der Waals surface area contributed by atoms with Crippen LogP contribution in [-0.2, 0) is 15.1 Å². The first-order valence-corrected chi connectivity index (χ1v) is 7.40. The maximum atomic E-state index is 13.6. The van der Waals surface area contributed by atoms with Gasteiger partial charge in [-0.15, -0.1) is 0 Å². The van der Waals surface area contributed by atoms with E-state index in [0.717, 1.165) is 12.5 Å². The number of hydrogen-bond donors (Lipinski definition) is 2. The Hall–Kier alpha value is -2.77. The zero-order valence-electron chi connectivity index (χ0n) is 13.8. The molecule has 0 saturated heterocycles. The van der Waals surface area contributed by atoms with Crippen molar-refractivity contribution in [1.82, 2.24) is 10.6 Å². The highest BCUT2D eigenvalue weighted by Crippen LogP contribution is 2.38. The average molecular weight is 353 g/mol. The standard InChI is InChI=1S/C17H18F3N3O2/c1-11-4-6-13(7-5-11)16(3,17(18,19)20)23-14(24)10-25-15-8-9-21-12(2)22-15/h4-9,22H,2,10H2,1,3H3,(H,23,24). The monoisotopic (exact) mass is 353 g/mol. The first-order valence-electron chi connectivity index (χ1n) is 7.40. The molecule has 1 amide bonds. The molecule has 1 aliphatic rings. The Balaban J connectivity index is 2.10. The van der Waals surface area contributed by atoms with Crippen molar-refractivity contribution in [2.45, 2.75) is 25.6 Å². The van der Waals surface area contributed by atoms with Gasteiger partial charge in [0.15, 0.2) is 18.0 Å². The normalized spacial score (nSPS) is 16.5. The van der Waals surface area contributed by atoms with E-state index in [1.165, 1.54) is 24.4 Å². The number of amides is 1. The first kappa shape index (κ1) is 18.6. The quantitative estimate of drug-likeness (QED) is 0.856. The zero-order chi connectivity index (χ0) is 18.7. The minimum Gasteiger partial charge on any atom is -0.469 e. The number of nitrogens with zero attached hydrogens (tertiary/aromatic N) is 1. The van der Waals surface area contributed by atoms with Crippen LogP contribution in [0.25, 0.3) is 0 Å². The number of aliphatic imine (C=N–C) groups is 1. The maximum Gasteiger partial charge on any atom is 0.415 e. The molecule has 0 spiro atoms. The molecule has 2 rings (SSSR count). The Morgan fingerprint density at radius 2 is 1.96 bits per heavy atom. The summed E-state index contributed by atoms with van der Waals surface area (Å²) >= 11 is 0. The molecule has 1 aliphatic heterocycles. The highest BCUT2D eigenvalue weighted by atomic mass is 19.4. The summed E-state index contributed by atoms with van der Waals surface area (Å²) < 4.78 is 45.9. The number of carbonyl (C=O) groups is 1. The summed E-state index contributed by atoms with van der Waals surface area (Å²) in [5.41, 5.74) is -1.77. The zero-order valence-corrected chi connectivity index (χ0v) is 13.8. The third-order valence-corrected chi connectivity index (χ3v) is 3.67. The minimum absolute atomic E-state index is 0.0607. The number of alkyl halides is 3. The molecule has 1 atom stereocenters. The number of rotatable bonds is 5. The molecule has 2 N–H and O–H groups in total. The predicted molar refractivity (Wildman–Crippen MR) is 87.5 cm³/mol. The van der Waals surface area contributed by atoms with Gasteiger partial charge in [-0.1, -0.05) is 36.4 Å². The molecular weight excluding hydrogens is 335 g/mol. The number of aryl methyl sites for hydroxylation is 1. The van der Waals surface area contributed by atoms with E-state index in [0.29, 0.717) is 5.82 Å². The van der Waals surface area contributed by atoms with E-state index in [1.54, 1.807) is 19.1 Å². The molecule has 0 bridgehead atoms. The van der Waals surface area contributed by atoms with Crippen molar-refractivity contribution >= 4 is 12.1 Å². The number of carbonyl (C=O) groups excluding carboxylic acids is 1. The van der Waals surface area contributed by atoms with Gasteiger partial charge in [-0.05, 0) is 19.4 Å². The smallest absolute Gasteiger partial charge is 0.415 e. The van der Waals surface area contributed by atoms with Gasteiger partial charge >= 0.3 is 6.18 Å². The number of nitrogens with one attached hydrogen (secondary N) is 2. The molecule has 1 aromatic rings. The Kier molecular flexibility index (Phi) is 5.20. The van der Waals surface area contributed by atoms with E-state index in [-0.39, 0.29) is 11.4 Å². The van der Waals surface area contributed by atoms with Crippen LogP contribution in [0.5, 0.6) is 0 Å². The largest absolute Gasteiger partial charge is 0.469 e. The minimum atomic E-state index is -4.68. The average Bonchev–Trinajstić information content (AvgIpc) is 2.52. The second-order valence-corrected chi connectivity index (χ2v) is 5.71. The Morgan fingerprint density at radius 1 is 1.32 bits per heavy atom. The van der Waals surface area contributed by atoms with Gasteiger partial charge in [0.05, 0.1) is 0 Å². The molecule has 1 heterocycles. The van der Waals surface area contributed by atoms with Crippen LogP contribution in [0.15, 0.2) is 53.6 Å². The Morgan fingerprint density at radius 3 is 2.52 bits per heavy atom. The molecule has 0 radical (unpaired) electrons. The molecule has 0 saturated carbocycles. The van der Waals surface area contributed by atoms with Gasteiger partial charge in [0.1, 0.15) is 5.82 Å². The Labute approximate surface area is 143 Å². The van der Waals surface area contributed by atoms with Crippen molar-refractivity contribution in [2.24, 2.45) is 4.99 Å². The second kappa shape index (κ2) is 7.00. The van der Waals surface area contributed by atoms with Gasteiger partial charge < -0.3 is 15.4 Å². The summed E-state index contributed by atoms with van der Waals surface area (Å²) in [6.45, 7) is 5.65. The van der Waals surface area contributed by atoms with Gasteiger partial charge in [-0.2, -0.15) is 13.2 Å². The van der Waals surface area contributed by atoms with E-state index in [2.05, 4.69) is 16.9 Å². The van der Waals surface area contributed by atoms with E-state index in [4.69, 9.17) is 4.74 Å². The SMILES string of the molecule is C=C1N=CC=C(OCC(=O)NC(C)(c2ccc(C)cc2)C(F)(F)F)N1. The number of ether oxygens (including phenoxy) is 1. The lowest BCUT2D eigenvalue weighted by Gasteiger charge is -2.33. The Bertz CT molecular complexity index is 724. The third kappa shape index (κ3) is 4.40. The summed E-state index contributed by atoms with van der Waals surface area (Å²) in [6, 6.07) is 5.80. The van der Waals surface area contributed by atoms with Crippen LogP contribution in [0.1, 0.15) is 18.1 Å². The predicted octanol–water partition coefficient (Wildman–Crippen LogP) is 2.89. The van der Waals surface area contributed by atoms with E-state index in [9.17, 15) is 18.0 Å². The fourth-order valence-corrected chi connectivity index (χ4v) is 2.15. The highest BCUT2D eigenvalue weighted by Gasteiger charge is 2.53. The van der Waals surface area contributed by atoms with Crippen LogP contribution in [0.3, 0.4) is 0 Å².